The topological polar surface area (TPSA) is 96.6 Å². The number of aliphatic carboxylic acids is 1. The number of benzene rings is 1. The fraction of sp³-hybridized carbons (Fsp3) is 0.188. The molecule has 0 radical (unpaired) electrons. The summed E-state index contributed by atoms with van der Waals surface area (Å²) in [5, 5.41) is 10.9. The Bertz CT molecular complexity index is 690. The number of carboxylic acids is 1. The molecule has 0 saturated carbocycles. The zero-order valence-electron chi connectivity index (χ0n) is 11.9. The highest BCUT2D eigenvalue weighted by atomic mass is 16.4. The van der Waals surface area contributed by atoms with Crippen LogP contribution in [0.25, 0.3) is 0 Å². The SMILES string of the molecule is C[C@@H](C(=O)NCC(=O)O)c1cccc(C(=O)c2ccco2)c1. The fourth-order valence-corrected chi connectivity index (χ4v) is 1.97. The summed E-state index contributed by atoms with van der Waals surface area (Å²) in [6.45, 7) is 1.21. The van der Waals surface area contributed by atoms with E-state index in [4.69, 9.17) is 9.52 Å². The van der Waals surface area contributed by atoms with E-state index in [0.717, 1.165) is 0 Å². The molecule has 0 aliphatic carbocycles. The summed E-state index contributed by atoms with van der Waals surface area (Å²) < 4.78 is 5.07. The van der Waals surface area contributed by atoms with Gasteiger partial charge in [0.15, 0.2) is 5.76 Å². The normalized spacial score (nSPS) is 11.7. The van der Waals surface area contributed by atoms with Crippen molar-refractivity contribution < 1.29 is 23.9 Å². The summed E-state index contributed by atoms with van der Waals surface area (Å²) in [6.07, 6.45) is 1.42. The van der Waals surface area contributed by atoms with Crippen LogP contribution in [0.1, 0.15) is 34.5 Å². The molecule has 1 aromatic heterocycles. The van der Waals surface area contributed by atoms with Gasteiger partial charge in [0, 0.05) is 5.56 Å². The minimum atomic E-state index is -1.11. The Morgan fingerprint density at radius 3 is 2.64 bits per heavy atom. The zero-order valence-corrected chi connectivity index (χ0v) is 11.9. The number of rotatable bonds is 6. The van der Waals surface area contributed by atoms with Crippen molar-refractivity contribution in [3.05, 3.63) is 59.5 Å². The Labute approximate surface area is 126 Å². The van der Waals surface area contributed by atoms with Crippen molar-refractivity contribution in [2.45, 2.75) is 12.8 Å². The number of hydrogen-bond donors (Lipinski definition) is 2. The van der Waals surface area contributed by atoms with Gasteiger partial charge in [-0.05, 0) is 30.7 Å². The van der Waals surface area contributed by atoms with Crippen LogP contribution in [-0.2, 0) is 9.59 Å². The Morgan fingerprint density at radius 2 is 2.00 bits per heavy atom. The van der Waals surface area contributed by atoms with Crippen LogP contribution in [0.5, 0.6) is 0 Å². The minimum absolute atomic E-state index is 0.222. The summed E-state index contributed by atoms with van der Waals surface area (Å²) in [7, 11) is 0. The number of nitrogens with one attached hydrogen (secondary N) is 1. The van der Waals surface area contributed by atoms with Crippen LogP contribution in [0.3, 0.4) is 0 Å². The molecule has 0 spiro atoms. The highest BCUT2D eigenvalue weighted by Gasteiger charge is 2.18. The molecule has 0 aliphatic heterocycles. The van der Waals surface area contributed by atoms with Crippen LogP contribution >= 0.6 is 0 Å². The maximum Gasteiger partial charge on any atom is 0.322 e. The van der Waals surface area contributed by atoms with E-state index in [1.807, 2.05) is 0 Å². The van der Waals surface area contributed by atoms with E-state index in [9.17, 15) is 14.4 Å². The second-order valence-corrected chi connectivity index (χ2v) is 4.77. The third kappa shape index (κ3) is 3.60. The first-order valence-electron chi connectivity index (χ1n) is 6.66. The number of carbonyl (C=O) groups is 3. The quantitative estimate of drug-likeness (QED) is 0.793. The molecular weight excluding hydrogens is 286 g/mol. The molecule has 6 heteroatoms. The molecule has 0 aliphatic rings. The van der Waals surface area contributed by atoms with Crippen LogP contribution in [-0.4, -0.2) is 29.3 Å². The third-order valence-corrected chi connectivity index (χ3v) is 3.20. The van der Waals surface area contributed by atoms with Crippen molar-refractivity contribution in [2.75, 3.05) is 6.54 Å². The van der Waals surface area contributed by atoms with E-state index in [0.29, 0.717) is 11.1 Å². The molecule has 1 heterocycles. The Morgan fingerprint density at radius 1 is 1.23 bits per heavy atom. The van der Waals surface area contributed by atoms with Crippen molar-refractivity contribution in [3.8, 4) is 0 Å². The van der Waals surface area contributed by atoms with E-state index >= 15 is 0 Å². The minimum Gasteiger partial charge on any atom is -0.480 e. The standard InChI is InChI=1S/C16H15NO5/c1-10(16(21)17-9-14(18)19)11-4-2-5-12(8-11)15(20)13-6-3-7-22-13/h2-8,10H,9H2,1H3,(H,17,21)(H,18,19)/t10-/m1/s1. The molecule has 2 aromatic rings. The van der Waals surface area contributed by atoms with Gasteiger partial charge in [0.1, 0.15) is 6.54 Å². The smallest absolute Gasteiger partial charge is 0.322 e. The van der Waals surface area contributed by atoms with E-state index < -0.39 is 24.3 Å². The van der Waals surface area contributed by atoms with Crippen molar-refractivity contribution in [2.24, 2.45) is 0 Å². The van der Waals surface area contributed by atoms with Crippen LogP contribution in [0.15, 0.2) is 47.1 Å². The second kappa shape index (κ2) is 6.71. The van der Waals surface area contributed by atoms with Gasteiger partial charge in [-0.15, -0.1) is 0 Å². The van der Waals surface area contributed by atoms with Crippen molar-refractivity contribution in [1.82, 2.24) is 5.32 Å². The molecule has 1 atom stereocenters. The van der Waals surface area contributed by atoms with Gasteiger partial charge >= 0.3 is 5.97 Å². The molecule has 0 saturated heterocycles. The summed E-state index contributed by atoms with van der Waals surface area (Å²) in [6, 6.07) is 9.82. The van der Waals surface area contributed by atoms with E-state index in [-0.39, 0.29) is 11.5 Å². The molecular formula is C16H15NO5. The average Bonchev–Trinajstić information content (AvgIpc) is 3.05. The number of amides is 1. The lowest BCUT2D eigenvalue weighted by atomic mass is 9.96. The number of carbonyl (C=O) groups excluding carboxylic acids is 2. The highest BCUT2D eigenvalue weighted by Crippen LogP contribution is 2.19. The van der Waals surface area contributed by atoms with E-state index in [2.05, 4.69) is 5.32 Å². The van der Waals surface area contributed by atoms with Gasteiger partial charge in [-0.3, -0.25) is 14.4 Å². The van der Waals surface area contributed by atoms with Gasteiger partial charge in [0.2, 0.25) is 11.7 Å². The lowest BCUT2D eigenvalue weighted by Crippen LogP contribution is -2.32. The molecule has 0 unspecified atom stereocenters. The van der Waals surface area contributed by atoms with Crippen molar-refractivity contribution >= 4 is 17.7 Å². The maximum atomic E-state index is 12.2. The first kappa shape index (κ1) is 15.5. The summed E-state index contributed by atoms with van der Waals surface area (Å²) >= 11 is 0. The van der Waals surface area contributed by atoms with Crippen LogP contribution in [0.2, 0.25) is 0 Å². The predicted molar refractivity (Wildman–Crippen MR) is 77.6 cm³/mol. The predicted octanol–water partition coefficient (Wildman–Crippen LogP) is 1.81. The lowest BCUT2D eigenvalue weighted by Gasteiger charge is -2.12. The molecule has 22 heavy (non-hydrogen) atoms. The van der Waals surface area contributed by atoms with Gasteiger partial charge < -0.3 is 14.8 Å². The van der Waals surface area contributed by atoms with Gasteiger partial charge in [-0.25, -0.2) is 0 Å². The fourth-order valence-electron chi connectivity index (χ4n) is 1.97. The lowest BCUT2D eigenvalue weighted by molar-refractivity contribution is -0.138. The molecule has 2 N–H and O–H groups in total. The van der Waals surface area contributed by atoms with Crippen LogP contribution in [0.4, 0.5) is 0 Å². The molecule has 114 valence electrons. The summed E-state index contributed by atoms with van der Waals surface area (Å²) in [5.41, 5.74) is 1.03. The molecule has 1 aromatic carbocycles. The Kier molecular flexibility index (Phi) is 4.73. The van der Waals surface area contributed by atoms with E-state index in [1.54, 1.807) is 43.3 Å². The van der Waals surface area contributed by atoms with Gasteiger partial charge in [-0.1, -0.05) is 18.2 Å². The summed E-state index contributed by atoms with van der Waals surface area (Å²) in [4.78, 5) is 34.5. The largest absolute Gasteiger partial charge is 0.480 e. The van der Waals surface area contributed by atoms with Gasteiger partial charge in [-0.2, -0.15) is 0 Å². The zero-order chi connectivity index (χ0) is 16.1. The highest BCUT2D eigenvalue weighted by molar-refractivity contribution is 6.07. The molecule has 2 rings (SSSR count). The molecule has 1 amide bonds. The Hall–Kier alpha value is -2.89. The Balaban J connectivity index is 2.15. The van der Waals surface area contributed by atoms with Crippen LogP contribution in [0, 0.1) is 0 Å². The first-order valence-corrected chi connectivity index (χ1v) is 6.66. The third-order valence-electron chi connectivity index (χ3n) is 3.20. The number of carboxylic acid groups (broad SMARTS) is 1. The number of ketones is 1. The van der Waals surface area contributed by atoms with Gasteiger partial charge in [0.25, 0.3) is 0 Å². The second-order valence-electron chi connectivity index (χ2n) is 4.77. The van der Waals surface area contributed by atoms with Gasteiger partial charge in [0.05, 0.1) is 12.2 Å². The number of furan rings is 1. The maximum absolute atomic E-state index is 12.2. The van der Waals surface area contributed by atoms with Crippen molar-refractivity contribution in [1.29, 1.82) is 0 Å². The summed E-state index contributed by atoms with van der Waals surface area (Å²) in [5.74, 6) is -2.14. The number of hydrogen-bond acceptors (Lipinski definition) is 4. The van der Waals surface area contributed by atoms with E-state index in [1.165, 1.54) is 6.26 Å². The monoisotopic (exact) mass is 301 g/mol. The van der Waals surface area contributed by atoms with Crippen molar-refractivity contribution in [3.63, 3.8) is 0 Å². The average molecular weight is 301 g/mol. The first-order chi connectivity index (χ1) is 10.5. The van der Waals surface area contributed by atoms with Crippen LogP contribution < -0.4 is 5.32 Å². The molecule has 0 bridgehead atoms. The molecule has 6 nitrogen and oxygen atoms in total. The molecule has 0 fully saturated rings.